The Morgan fingerprint density at radius 3 is 2.62 bits per heavy atom. The molecule has 0 radical (unpaired) electrons. The van der Waals surface area contributed by atoms with Crippen LogP contribution >= 0.6 is 0 Å². The Kier molecular flexibility index (Phi) is 6.26. The molecule has 3 nitrogen and oxygen atoms in total. The van der Waals surface area contributed by atoms with Gasteiger partial charge in [-0.2, -0.15) is 0 Å². The number of hydrogen-bond donors (Lipinski definition) is 0. The first-order valence-electron chi connectivity index (χ1n) is 5.60. The lowest BCUT2D eigenvalue weighted by Crippen LogP contribution is -2.10. The van der Waals surface area contributed by atoms with Gasteiger partial charge in [-0.3, -0.25) is 4.79 Å². The first kappa shape index (κ1) is 12.7. The summed E-state index contributed by atoms with van der Waals surface area (Å²) in [5, 5.41) is 0. The van der Waals surface area contributed by atoms with Crippen LogP contribution in [-0.2, 0) is 20.9 Å². The molecular formula is C13H18O3. The summed E-state index contributed by atoms with van der Waals surface area (Å²) in [5.41, 5.74) is 1.13. The lowest BCUT2D eigenvalue weighted by molar-refractivity contribution is -0.145. The Hall–Kier alpha value is -1.35. The topological polar surface area (TPSA) is 35.5 Å². The fraction of sp³-hybridized carbons (Fsp3) is 0.462. The van der Waals surface area contributed by atoms with E-state index in [1.807, 2.05) is 37.3 Å². The van der Waals surface area contributed by atoms with Crippen LogP contribution < -0.4 is 0 Å². The molecule has 0 heterocycles. The maximum absolute atomic E-state index is 11.0. The van der Waals surface area contributed by atoms with Crippen molar-refractivity contribution in [3.63, 3.8) is 0 Å². The standard InChI is InChI=1S/C13H18O3/c1-2-6-13(14)16-10-9-15-11-12-7-4-3-5-8-12/h3-5,7-8H,2,6,9-11H2,1H3. The van der Waals surface area contributed by atoms with Gasteiger partial charge in [0.2, 0.25) is 0 Å². The van der Waals surface area contributed by atoms with E-state index in [1.54, 1.807) is 0 Å². The number of ether oxygens (including phenoxy) is 2. The van der Waals surface area contributed by atoms with Gasteiger partial charge in [0.1, 0.15) is 6.61 Å². The number of carbonyl (C=O) groups is 1. The van der Waals surface area contributed by atoms with Gasteiger partial charge >= 0.3 is 5.97 Å². The number of hydrogen-bond acceptors (Lipinski definition) is 3. The van der Waals surface area contributed by atoms with Crippen molar-refractivity contribution < 1.29 is 14.3 Å². The Morgan fingerprint density at radius 2 is 1.94 bits per heavy atom. The van der Waals surface area contributed by atoms with Crippen molar-refractivity contribution >= 4 is 5.97 Å². The predicted octanol–water partition coefficient (Wildman–Crippen LogP) is 2.55. The lowest BCUT2D eigenvalue weighted by atomic mass is 10.2. The van der Waals surface area contributed by atoms with Crippen LogP contribution in [0.25, 0.3) is 0 Å². The second-order valence-corrected chi connectivity index (χ2v) is 3.51. The Labute approximate surface area is 96.4 Å². The van der Waals surface area contributed by atoms with Crippen LogP contribution in [0, 0.1) is 0 Å². The summed E-state index contributed by atoms with van der Waals surface area (Å²) in [6.07, 6.45) is 1.31. The molecule has 16 heavy (non-hydrogen) atoms. The third-order valence-electron chi connectivity index (χ3n) is 2.06. The fourth-order valence-electron chi connectivity index (χ4n) is 1.25. The highest BCUT2D eigenvalue weighted by molar-refractivity contribution is 5.69. The molecule has 0 bridgehead atoms. The van der Waals surface area contributed by atoms with E-state index < -0.39 is 0 Å². The van der Waals surface area contributed by atoms with Crippen LogP contribution in [-0.4, -0.2) is 19.2 Å². The van der Waals surface area contributed by atoms with E-state index in [0.717, 1.165) is 12.0 Å². The average Bonchev–Trinajstić information content (AvgIpc) is 2.30. The van der Waals surface area contributed by atoms with Gasteiger partial charge in [-0.05, 0) is 12.0 Å². The van der Waals surface area contributed by atoms with Crippen LogP contribution in [0.5, 0.6) is 0 Å². The van der Waals surface area contributed by atoms with Gasteiger partial charge in [0.25, 0.3) is 0 Å². The van der Waals surface area contributed by atoms with Gasteiger partial charge in [0.05, 0.1) is 13.2 Å². The first-order chi connectivity index (χ1) is 7.83. The number of esters is 1. The van der Waals surface area contributed by atoms with Crippen LogP contribution in [0.2, 0.25) is 0 Å². The normalized spacial score (nSPS) is 10.1. The van der Waals surface area contributed by atoms with E-state index in [2.05, 4.69) is 0 Å². The SMILES string of the molecule is CCCC(=O)OCCOCc1ccccc1. The molecule has 0 fully saturated rings. The molecule has 0 saturated carbocycles. The van der Waals surface area contributed by atoms with Gasteiger partial charge in [0, 0.05) is 6.42 Å². The summed E-state index contributed by atoms with van der Waals surface area (Å²) in [7, 11) is 0. The summed E-state index contributed by atoms with van der Waals surface area (Å²) in [5.74, 6) is -0.147. The third-order valence-corrected chi connectivity index (χ3v) is 2.06. The molecule has 0 spiro atoms. The molecule has 0 aliphatic heterocycles. The molecule has 0 unspecified atom stereocenters. The lowest BCUT2D eigenvalue weighted by Gasteiger charge is -2.05. The maximum atomic E-state index is 11.0. The van der Waals surface area contributed by atoms with E-state index in [4.69, 9.17) is 9.47 Å². The highest BCUT2D eigenvalue weighted by atomic mass is 16.6. The molecule has 0 aliphatic carbocycles. The first-order valence-corrected chi connectivity index (χ1v) is 5.60. The van der Waals surface area contributed by atoms with Gasteiger partial charge in [-0.15, -0.1) is 0 Å². The van der Waals surface area contributed by atoms with Crippen molar-refractivity contribution in [2.75, 3.05) is 13.2 Å². The van der Waals surface area contributed by atoms with Crippen LogP contribution in [0.15, 0.2) is 30.3 Å². The van der Waals surface area contributed by atoms with Crippen molar-refractivity contribution in [1.82, 2.24) is 0 Å². The second kappa shape index (κ2) is 7.88. The highest BCUT2D eigenvalue weighted by Crippen LogP contribution is 2.00. The number of carbonyl (C=O) groups excluding carboxylic acids is 1. The van der Waals surface area contributed by atoms with Crippen molar-refractivity contribution in [2.24, 2.45) is 0 Å². The minimum atomic E-state index is -0.147. The fourth-order valence-corrected chi connectivity index (χ4v) is 1.25. The molecule has 0 amide bonds. The summed E-state index contributed by atoms with van der Waals surface area (Å²) in [4.78, 5) is 11.0. The molecule has 0 aliphatic rings. The molecule has 1 aromatic rings. The highest BCUT2D eigenvalue weighted by Gasteiger charge is 1.99. The zero-order valence-corrected chi connectivity index (χ0v) is 9.65. The van der Waals surface area contributed by atoms with E-state index in [-0.39, 0.29) is 5.97 Å². The molecule has 0 N–H and O–H groups in total. The monoisotopic (exact) mass is 222 g/mol. The summed E-state index contributed by atoms with van der Waals surface area (Å²) in [6, 6.07) is 9.92. The molecule has 1 rings (SSSR count). The molecule has 0 aromatic heterocycles. The predicted molar refractivity (Wildman–Crippen MR) is 62.0 cm³/mol. The quantitative estimate of drug-likeness (QED) is 0.525. The van der Waals surface area contributed by atoms with Crippen molar-refractivity contribution in [3.05, 3.63) is 35.9 Å². The van der Waals surface area contributed by atoms with Crippen LogP contribution in [0.3, 0.4) is 0 Å². The van der Waals surface area contributed by atoms with E-state index in [9.17, 15) is 4.79 Å². The minimum Gasteiger partial charge on any atom is -0.463 e. The largest absolute Gasteiger partial charge is 0.463 e. The third kappa shape index (κ3) is 5.51. The molecule has 1 aromatic carbocycles. The van der Waals surface area contributed by atoms with E-state index >= 15 is 0 Å². The van der Waals surface area contributed by atoms with Crippen LogP contribution in [0.4, 0.5) is 0 Å². The Bertz CT molecular complexity index is 295. The van der Waals surface area contributed by atoms with Gasteiger partial charge in [0.15, 0.2) is 0 Å². The van der Waals surface area contributed by atoms with Crippen molar-refractivity contribution in [3.8, 4) is 0 Å². The van der Waals surface area contributed by atoms with Crippen LogP contribution in [0.1, 0.15) is 25.3 Å². The maximum Gasteiger partial charge on any atom is 0.305 e. The van der Waals surface area contributed by atoms with E-state index in [0.29, 0.717) is 26.2 Å². The van der Waals surface area contributed by atoms with Crippen molar-refractivity contribution in [2.45, 2.75) is 26.4 Å². The molecular weight excluding hydrogens is 204 g/mol. The zero-order chi connectivity index (χ0) is 11.6. The Morgan fingerprint density at radius 1 is 1.19 bits per heavy atom. The van der Waals surface area contributed by atoms with Gasteiger partial charge in [-0.25, -0.2) is 0 Å². The minimum absolute atomic E-state index is 0.147. The molecule has 88 valence electrons. The van der Waals surface area contributed by atoms with Gasteiger partial charge in [-0.1, -0.05) is 37.3 Å². The number of benzene rings is 1. The Balaban J connectivity index is 2.02. The van der Waals surface area contributed by atoms with E-state index in [1.165, 1.54) is 0 Å². The average molecular weight is 222 g/mol. The summed E-state index contributed by atoms with van der Waals surface area (Å²) < 4.78 is 10.3. The summed E-state index contributed by atoms with van der Waals surface area (Å²) in [6.45, 7) is 3.30. The molecule has 3 heteroatoms. The summed E-state index contributed by atoms with van der Waals surface area (Å²) >= 11 is 0. The smallest absolute Gasteiger partial charge is 0.305 e. The molecule has 0 saturated heterocycles. The van der Waals surface area contributed by atoms with Crippen molar-refractivity contribution in [1.29, 1.82) is 0 Å². The number of rotatable bonds is 7. The van der Waals surface area contributed by atoms with Gasteiger partial charge < -0.3 is 9.47 Å². The zero-order valence-electron chi connectivity index (χ0n) is 9.65. The molecule has 0 atom stereocenters. The second-order valence-electron chi connectivity index (χ2n) is 3.51.